The predicted molar refractivity (Wildman–Crippen MR) is 66.9 cm³/mol. The molecule has 0 fully saturated rings. The summed E-state index contributed by atoms with van der Waals surface area (Å²) >= 11 is 5.13. The second-order valence-corrected chi connectivity index (χ2v) is 5.21. The van der Waals surface area contributed by atoms with Crippen molar-refractivity contribution in [3.8, 4) is 0 Å². The first kappa shape index (κ1) is 13.0. The fourth-order valence-corrected chi connectivity index (χ4v) is 1.74. The molecule has 0 aromatic carbocycles. The van der Waals surface area contributed by atoms with Crippen molar-refractivity contribution in [1.82, 2.24) is 14.9 Å². The summed E-state index contributed by atoms with van der Waals surface area (Å²) in [5, 5.41) is 2.92. The van der Waals surface area contributed by atoms with Crippen LogP contribution in [0.2, 0.25) is 0 Å². The monoisotopic (exact) mass is 241 g/mol. The van der Waals surface area contributed by atoms with Gasteiger partial charge in [-0.3, -0.25) is 4.79 Å². The normalized spacial score (nSPS) is 11.5. The first-order chi connectivity index (χ1) is 7.33. The van der Waals surface area contributed by atoms with Crippen LogP contribution in [0.4, 0.5) is 0 Å². The molecule has 1 amide bonds. The molecule has 1 aromatic heterocycles. The molecule has 1 heterocycles. The Morgan fingerprint density at radius 3 is 2.69 bits per heavy atom. The highest BCUT2D eigenvalue weighted by Crippen LogP contribution is 2.04. The number of aromatic amines is 1. The molecule has 0 saturated carbocycles. The lowest BCUT2D eigenvalue weighted by Crippen LogP contribution is -2.42. The third-order valence-electron chi connectivity index (χ3n) is 2.13. The summed E-state index contributed by atoms with van der Waals surface area (Å²) in [5.41, 5.74) is 0.844. The molecule has 5 heteroatoms. The molecule has 16 heavy (non-hydrogen) atoms. The van der Waals surface area contributed by atoms with E-state index in [1.807, 2.05) is 38.5 Å². The molecule has 1 aromatic rings. The van der Waals surface area contributed by atoms with Crippen molar-refractivity contribution in [3.63, 3.8) is 0 Å². The van der Waals surface area contributed by atoms with E-state index in [4.69, 9.17) is 12.2 Å². The molecule has 0 spiro atoms. The van der Waals surface area contributed by atoms with Crippen LogP contribution in [-0.2, 0) is 17.8 Å². The van der Waals surface area contributed by atoms with Crippen molar-refractivity contribution in [2.45, 2.75) is 46.2 Å². The van der Waals surface area contributed by atoms with Gasteiger partial charge in [-0.05, 0) is 39.4 Å². The number of hydrogen-bond donors (Lipinski definition) is 2. The number of rotatable bonds is 3. The van der Waals surface area contributed by atoms with E-state index < -0.39 is 0 Å². The standard InChI is InChI=1S/C11H19N3OS/c1-5-8-6-12-10(16)14(8)7-9(15)13-11(2,3)4/h6H,5,7H2,1-4H3,(H,12,16)(H,13,15). The molecule has 0 unspecified atom stereocenters. The number of aryl methyl sites for hydroxylation is 1. The van der Waals surface area contributed by atoms with Crippen LogP contribution in [0.15, 0.2) is 6.20 Å². The average molecular weight is 241 g/mol. The van der Waals surface area contributed by atoms with Gasteiger partial charge in [0.05, 0.1) is 0 Å². The van der Waals surface area contributed by atoms with Gasteiger partial charge in [0.25, 0.3) is 0 Å². The molecule has 0 saturated heterocycles. The van der Waals surface area contributed by atoms with Crippen LogP contribution in [0.5, 0.6) is 0 Å². The predicted octanol–water partition coefficient (Wildman–Crippen LogP) is 2.02. The summed E-state index contributed by atoms with van der Waals surface area (Å²) in [6.45, 7) is 8.20. The molecule has 1 rings (SSSR count). The number of nitrogens with zero attached hydrogens (tertiary/aromatic N) is 1. The Kier molecular flexibility index (Phi) is 3.91. The van der Waals surface area contributed by atoms with Gasteiger partial charge in [0.15, 0.2) is 4.77 Å². The zero-order valence-corrected chi connectivity index (χ0v) is 11.1. The zero-order chi connectivity index (χ0) is 12.3. The SMILES string of the molecule is CCc1c[nH]c(=S)n1CC(=O)NC(C)(C)C. The second-order valence-electron chi connectivity index (χ2n) is 4.82. The van der Waals surface area contributed by atoms with E-state index in [9.17, 15) is 4.79 Å². The van der Waals surface area contributed by atoms with Crippen molar-refractivity contribution in [2.75, 3.05) is 0 Å². The Morgan fingerprint density at radius 1 is 1.56 bits per heavy atom. The van der Waals surface area contributed by atoms with Crippen LogP contribution in [0.3, 0.4) is 0 Å². The van der Waals surface area contributed by atoms with E-state index in [0.717, 1.165) is 12.1 Å². The fraction of sp³-hybridized carbons (Fsp3) is 0.636. The third-order valence-corrected chi connectivity index (χ3v) is 2.47. The minimum atomic E-state index is -0.206. The third kappa shape index (κ3) is 3.48. The molecule has 0 radical (unpaired) electrons. The van der Waals surface area contributed by atoms with Gasteiger partial charge in [-0.1, -0.05) is 6.92 Å². The maximum atomic E-state index is 11.8. The van der Waals surface area contributed by atoms with Crippen LogP contribution in [0.25, 0.3) is 0 Å². The fourth-order valence-electron chi connectivity index (χ4n) is 1.50. The molecule has 0 aliphatic carbocycles. The van der Waals surface area contributed by atoms with Crippen LogP contribution >= 0.6 is 12.2 Å². The summed E-state index contributed by atoms with van der Waals surface area (Å²) in [6, 6.07) is 0. The molecular weight excluding hydrogens is 222 g/mol. The lowest BCUT2D eigenvalue weighted by atomic mass is 10.1. The number of hydrogen-bond acceptors (Lipinski definition) is 2. The van der Waals surface area contributed by atoms with Crippen molar-refractivity contribution in [1.29, 1.82) is 0 Å². The van der Waals surface area contributed by atoms with Crippen LogP contribution in [0.1, 0.15) is 33.4 Å². The van der Waals surface area contributed by atoms with Gasteiger partial charge in [0.2, 0.25) is 5.91 Å². The van der Waals surface area contributed by atoms with Crippen LogP contribution < -0.4 is 5.32 Å². The Balaban J connectivity index is 2.77. The van der Waals surface area contributed by atoms with Gasteiger partial charge >= 0.3 is 0 Å². The van der Waals surface area contributed by atoms with Gasteiger partial charge in [-0.2, -0.15) is 0 Å². The molecule has 4 nitrogen and oxygen atoms in total. The van der Waals surface area contributed by atoms with E-state index in [1.54, 1.807) is 0 Å². The highest BCUT2D eigenvalue weighted by atomic mass is 32.1. The first-order valence-corrected chi connectivity index (χ1v) is 5.82. The molecule has 2 N–H and O–H groups in total. The van der Waals surface area contributed by atoms with Crippen molar-refractivity contribution >= 4 is 18.1 Å². The summed E-state index contributed by atoms with van der Waals surface area (Å²) in [5.74, 6) is -0.0158. The lowest BCUT2D eigenvalue weighted by molar-refractivity contribution is -0.123. The van der Waals surface area contributed by atoms with Crippen molar-refractivity contribution in [3.05, 3.63) is 16.7 Å². The van der Waals surface area contributed by atoms with E-state index in [-0.39, 0.29) is 18.0 Å². The number of aromatic nitrogens is 2. The Morgan fingerprint density at radius 2 is 2.19 bits per heavy atom. The quantitative estimate of drug-likeness (QED) is 0.795. The molecular formula is C11H19N3OS. The molecule has 0 atom stereocenters. The first-order valence-electron chi connectivity index (χ1n) is 5.41. The molecule has 0 bridgehead atoms. The smallest absolute Gasteiger partial charge is 0.240 e. The van der Waals surface area contributed by atoms with Crippen LogP contribution in [0, 0.1) is 4.77 Å². The number of imidazole rings is 1. The summed E-state index contributed by atoms with van der Waals surface area (Å²) in [4.78, 5) is 14.7. The Bertz CT molecular complexity index is 425. The summed E-state index contributed by atoms with van der Waals surface area (Å²) < 4.78 is 2.43. The van der Waals surface area contributed by atoms with E-state index in [0.29, 0.717) is 4.77 Å². The Labute approximate surface area is 101 Å². The summed E-state index contributed by atoms with van der Waals surface area (Å²) in [7, 11) is 0. The minimum absolute atomic E-state index is 0.0158. The van der Waals surface area contributed by atoms with Crippen molar-refractivity contribution < 1.29 is 4.79 Å². The number of amides is 1. The van der Waals surface area contributed by atoms with Gasteiger partial charge in [0, 0.05) is 17.4 Å². The van der Waals surface area contributed by atoms with Gasteiger partial charge in [-0.15, -0.1) is 0 Å². The molecule has 0 aliphatic heterocycles. The highest BCUT2D eigenvalue weighted by Gasteiger charge is 2.15. The topological polar surface area (TPSA) is 49.8 Å². The average Bonchev–Trinajstić information content (AvgIpc) is 2.44. The van der Waals surface area contributed by atoms with Crippen molar-refractivity contribution in [2.24, 2.45) is 0 Å². The van der Waals surface area contributed by atoms with E-state index in [2.05, 4.69) is 10.3 Å². The number of H-pyrrole nitrogens is 1. The maximum absolute atomic E-state index is 11.8. The number of carbonyl (C=O) groups is 1. The van der Waals surface area contributed by atoms with Gasteiger partial charge in [0.1, 0.15) is 6.54 Å². The highest BCUT2D eigenvalue weighted by molar-refractivity contribution is 7.71. The zero-order valence-electron chi connectivity index (χ0n) is 10.3. The van der Waals surface area contributed by atoms with Gasteiger partial charge in [-0.25, -0.2) is 0 Å². The van der Waals surface area contributed by atoms with E-state index in [1.165, 1.54) is 0 Å². The summed E-state index contributed by atoms with van der Waals surface area (Å²) in [6.07, 6.45) is 2.71. The molecule has 0 aliphatic rings. The number of nitrogens with one attached hydrogen (secondary N) is 2. The maximum Gasteiger partial charge on any atom is 0.240 e. The van der Waals surface area contributed by atoms with Crippen LogP contribution in [-0.4, -0.2) is 21.0 Å². The largest absolute Gasteiger partial charge is 0.350 e. The Hall–Kier alpha value is -1.10. The second kappa shape index (κ2) is 4.82. The lowest BCUT2D eigenvalue weighted by Gasteiger charge is -2.20. The van der Waals surface area contributed by atoms with Gasteiger partial charge < -0.3 is 14.9 Å². The number of carbonyl (C=O) groups excluding carboxylic acids is 1. The van der Waals surface area contributed by atoms with E-state index >= 15 is 0 Å². The minimum Gasteiger partial charge on any atom is -0.350 e. The molecule has 90 valence electrons.